The van der Waals surface area contributed by atoms with E-state index < -0.39 is 11.9 Å². The zero-order valence-corrected chi connectivity index (χ0v) is 18.7. The van der Waals surface area contributed by atoms with Crippen LogP contribution < -0.4 is 0 Å². The first-order chi connectivity index (χ1) is 16.0. The van der Waals surface area contributed by atoms with Crippen LogP contribution in [0.1, 0.15) is 47.7 Å². The monoisotopic (exact) mass is 445 g/mol. The molecule has 3 fully saturated rings. The molecule has 170 valence electrons. The summed E-state index contributed by atoms with van der Waals surface area (Å²) in [6, 6.07) is 13.7. The third kappa shape index (κ3) is 3.05. The highest BCUT2D eigenvalue weighted by Crippen LogP contribution is 2.65. The normalized spacial score (nSPS) is 23.9. The predicted molar refractivity (Wildman–Crippen MR) is 122 cm³/mol. The molecule has 0 saturated heterocycles. The van der Waals surface area contributed by atoms with E-state index in [4.69, 9.17) is 9.72 Å². The third-order valence-corrected chi connectivity index (χ3v) is 7.93. The van der Waals surface area contributed by atoms with Gasteiger partial charge in [0.25, 0.3) is 0 Å². The lowest BCUT2D eigenvalue weighted by Gasteiger charge is -2.61. The number of carbonyl (C=O) groups is 2. The molecule has 3 saturated carbocycles. The number of imidazole rings is 1. The van der Waals surface area contributed by atoms with Crippen LogP contribution in [0.3, 0.4) is 0 Å². The van der Waals surface area contributed by atoms with Gasteiger partial charge in [-0.05, 0) is 48.8 Å². The minimum absolute atomic E-state index is 0.0764. The average molecular weight is 446 g/mol. The molecule has 2 bridgehead atoms. The molecule has 2 heterocycles. The third-order valence-electron chi connectivity index (χ3n) is 7.93. The van der Waals surface area contributed by atoms with Crippen LogP contribution >= 0.6 is 0 Å². The van der Waals surface area contributed by atoms with Crippen molar-refractivity contribution in [2.45, 2.75) is 50.1 Å². The summed E-state index contributed by atoms with van der Waals surface area (Å²) >= 11 is 0. The molecule has 33 heavy (non-hydrogen) atoms. The van der Waals surface area contributed by atoms with Gasteiger partial charge in [-0.3, -0.25) is 4.79 Å². The fourth-order valence-corrected chi connectivity index (χ4v) is 6.05. The van der Waals surface area contributed by atoms with Crippen LogP contribution in [-0.4, -0.2) is 45.3 Å². The first-order valence-electron chi connectivity index (χ1n) is 11.6. The lowest BCUT2D eigenvalue weighted by atomic mass is 9.44. The molecule has 1 atom stereocenters. The Labute approximate surface area is 192 Å². The topological polar surface area (TPSA) is 84.7 Å². The Morgan fingerprint density at radius 3 is 2.58 bits per heavy atom. The van der Waals surface area contributed by atoms with Gasteiger partial charge in [0.05, 0.1) is 30.6 Å². The Morgan fingerprint density at radius 1 is 1.18 bits per heavy atom. The van der Waals surface area contributed by atoms with E-state index in [-0.39, 0.29) is 11.5 Å². The number of nitrogens with zero attached hydrogens (tertiary/aromatic N) is 3. The van der Waals surface area contributed by atoms with E-state index in [2.05, 4.69) is 16.7 Å². The van der Waals surface area contributed by atoms with Gasteiger partial charge in [0.2, 0.25) is 0 Å². The van der Waals surface area contributed by atoms with E-state index >= 15 is 0 Å². The molecule has 0 radical (unpaired) electrons. The van der Waals surface area contributed by atoms with Crippen molar-refractivity contribution < 1.29 is 19.4 Å². The number of ether oxygens (including phenoxy) is 1. The van der Waals surface area contributed by atoms with E-state index in [1.54, 1.807) is 4.90 Å². The molecule has 3 aromatic rings. The van der Waals surface area contributed by atoms with E-state index in [0.717, 1.165) is 59.6 Å². The second kappa shape index (κ2) is 7.33. The number of carboxylic acid groups (broad SMARTS) is 1. The van der Waals surface area contributed by atoms with Gasteiger partial charge in [-0.1, -0.05) is 36.4 Å². The van der Waals surface area contributed by atoms with Crippen LogP contribution in [-0.2, 0) is 34.5 Å². The molecule has 7 nitrogen and oxygen atoms in total. The van der Waals surface area contributed by atoms with Crippen LogP contribution in [0.4, 0.5) is 4.79 Å². The second-order valence-electron chi connectivity index (χ2n) is 9.82. The van der Waals surface area contributed by atoms with Crippen LogP contribution in [0.5, 0.6) is 0 Å². The quantitative estimate of drug-likeness (QED) is 0.640. The number of fused-ring (bicyclic) bond motifs is 3. The van der Waals surface area contributed by atoms with Gasteiger partial charge in [-0.15, -0.1) is 0 Å². The Bertz CT molecular complexity index is 1250. The number of hydrogen-bond acceptors (Lipinski definition) is 4. The Balaban J connectivity index is 1.47. The van der Waals surface area contributed by atoms with Gasteiger partial charge in [0.1, 0.15) is 5.82 Å². The summed E-state index contributed by atoms with van der Waals surface area (Å²) in [6.45, 7) is 1.43. The molecule has 1 N–H and O–H groups in total. The summed E-state index contributed by atoms with van der Waals surface area (Å²) in [5.74, 6) is 0.316. The second-order valence-corrected chi connectivity index (χ2v) is 9.82. The predicted octanol–water partition coefficient (Wildman–Crippen LogP) is 4.08. The number of benzene rings is 2. The van der Waals surface area contributed by atoms with E-state index in [1.165, 1.54) is 12.7 Å². The number of rotatable bonds is 5. The van der Waals surface area contributed by atoms with Crippen LogP contribution in [0.15, 0.2) is 42.5 Å². The van der Waals surface area contributed by atoms with Crippen molar-refractivity contribution in [3.63, 3.8) is 0 Å². The largest absolute Gasteiger partial charge is 0.481 e. The average Bonchev–Trinajstić information content (AvgIpc) is 3.13. The van der Waals surface area contributed by atoms with E-state index in [9.17, 15) is 14.7 Å². The maximum absolute atomic E-state index is 12.3. The molecule has 7 rings (SSSR count). The number of carbonyl (C=O) groups excluding carboxylic acids is 1. The van der Waals surface area contributed by atoms with E-state index in [1.807, 2.05) is 30.3 Å². The van der Waals surface area contributed by atoms with Crippen molar-refractivity contribution in [1.82, 2.24) is 14.5 Å². The molecule has 7 heteroatoms. The summed E-state index contributed by atoms with van der Waals surface area (Å²) in [6.07, 6.45) is 3.84. The fourth-order valence-electron chi connectivity index (χ4n) is 6.05. The molecule has 2 aromatic carbocycles. The van der Waals surface area contributed by atoms with Crippen molar-refractivity contribution in [3.05, 3.63) is 65.0 Å². The standard InChI is InChI=1S/C26H27N3O4/c1-33-25(32)28-10-9-18-7-8-21-22(19(18)14-28)27-24(26-11-16(12-26)13-26)29(21)15-20(23(30)31)17-5-3-2-4-6-17/h2-8,16,20H,9-15H2,1H3,(H,30,31)/t16?,20-,26?/m0/s1. The van der Waals surface area contributed by atoms with Crippen molar-refractivity contribution >= 4 is 23.1 Å². The van der Waals surface area contributed by atoms with E-state index in [0.29, 0.717) is 19.6 Å². The molecular weight excluding hydrogens is 418 g/mol. The van der Waals surface area contributed by atoms with Gasteiger partial charge in [-0.25, -0.2) is 9.78 Å². The first kappa shape index (κ1) is 20.3. The molecule has 0 spiro atoms. The highest BCUT2D eigenvalue weighted by Gasteiger charge is 2.60. The fraction of sp³-hybridized carbons (Fsp3) is 0.423. The molecule has 1 amide bonds. The summed E-state index contributed by atoms with van der Waals surface area (Å²) < 4.78 is 7.12. The van der Waals surface area contributed by atoms with Crippen LogP contribution in [0.2, 0.25) is 0 Å². The smallest absolute Gasteiger partial charge is 0.409 e. The van der Waals surface area contributed by atoms with Gasteiger partial charge < -0.3 is 19.3 Å². The van der Waals surface area contributed by atoms with Gasteiger partial charge in [0.15, 0.2) is 0 Å². The Hall–Kier alpha value is -3.35. The molecule has 1 aromatic heterocycles. The number of methoxy groups -OCH3 is 1. The lowest BCUT2D eigenvalue weighted by molar-refractivity contribution is -0.139. The van der Waals surface area contributed by atoms with Gasteiger partial charge >= 0.3 is 12.1 Å². The first-order valence-corrected chi connectivity index (χ1v) is 11.6. The highest BCUT2D eigenvalue weighted by molar-refractivity contribution is 5.83. The highest BCUT2D eigenvalue weighted by atomic mass is 16.5. The molecule has 4 aliphatic rings. The number of amides is 1. The maximum Gasteiger partial charge on any atom is 0.409 e. The van der Waals surface area contributed by atoms with Crippen molar-refractivity contribution in [3.8, 4) is 0 Å². The van der Waals surface area contributed by atoms with Gasteiger partial charge in [0, 0.05) is 24.1 Å². The SMILES string of the molecule is COC(=O)N1CCc2ccc3c(nc(C45CC(C4)C5)n3C[C@H](C(=O)O)c3ccccc3)c2C1. The van der Waals surface area contributed by atoms with Crippen molar-refractivity contribution in [2.75, 3.05) is 13.7 Å². The zero-order chi connectivity index (χ0) is 22.7. The molecule has 1 aliphatic heterocycles. The number of hydrogen-bond donors (Lipinski definition) is 1. The van der Waals surface area contributed by atoms with Crippen molar-refractivity contribution in [1.29, 1.82) is 0 Å². The summed E-state index contributed by atoms with van der Waals surface area (Å²) in [5, 5.41) is 10.1. The number of carboxylic acids is 1. The number of aliphatic carboxylic acids is 1. The molecule has 0 unspecified atom stereocenters. The molecule has 3 aliphatic carbocycles. The summed E-state index contributed by atoms with van der Waals surface area (Å²) in [7, 11) is 1.41. The van der Waals surface area contributed by atoms with Crippen LogP contribution in [0.25, 0.3) is 11.0 Å². The lowest BCUT2D eigenvalue weighted by Crippen LogP contribution is -2.56. The minimum Gasteiger partial charge on any atom is -0.481 e. The Morgan fingerprint density at radius 2 is 1.94 bits per heavy atom. The maximum atomic E-state index is 12.3. The van der Waals surface area contributed by atoms with Gasteiger partial charge in [-0.2, -0.15) is 0 Å². The summed E-state index contributed by atoms with van der Waals surface area (Å²) in [5.41, 5.74) is 5.00. The van der Waals surface area contributed by atoms with Crippen molar-refractivity contribution in [2.24, 2.45) is 5.92 Å². The van der Waals surface area contributed by atoms with Crippen LogP contribution in [0, 0.1) is 5.92 Å². The number of aromatic nitrogens is 2. The molecular formula is C26H27N3O4. The Kier molecular flexibility index (Phi) is 4.50. The summed E-state index contributed by atoms with van der Waals surface area (Å²) in [4.78, 5) is 31.4. The zero-order valence-electron chi connectivity index (χ0n) is 18.7. The minimum atomic E-state index is -0.832.